The van der Waals surface area contributed by atoms with E-state index in [0.29, 0.717) is 5.92 Å². The lowest BCUT2D eigenvalue weighted by molar-refractivity contribution is 0.199. The van der Waals surface area contributed by atoms with Crippen LogP contribution in [0.1, 0.15) is 24.2 Å². The Labute approximate surface area is 126 Å². The SMILES string of the molecule is c1coc(CN(CC2CNc3ccccc3C2)C2CC2)c1. The minimum Gasteiger partial charge on any atom is -0.468 e. The summed E-state index contributed by atoms with van der Waals surface area (Å²) in [6.07, 6.45) is 5.65. The summed E-state index contributed by atoms with van der Waals surface area (Å²) in [6.45, 7) is 3.20. The van der Waals surface area contributed by atoms with Crippen molar-refractivity contribution in [2.45, 2.75) is 31.8 Å². The molecule has 0 saturated heterocycles. The van der Waals surface area contributed by atoms with E-state index in [4.69, 9.17) is 4.42 Å². The normalized spacial score (nSPS) is 21.1. The van der Waals surface area contributed by atoms with E-state index in [9.17, 15) is 0 Å². The van der Waals surface area contributed by atoms with Crippen molar-refractivity contribution < 1.29 is 4.42 Å². The standard InChI is InChI=1S/C18H22N2O/c1-2-6-18-15(4-1)10-14(11-19-18)12-20(16-7-8-16)13-17-5-3-9-21-17/h1-6,9,14,16,19H,7-8,10-13H2. The van der Waals surface area contributed by atoms with Gasteiger partial charge in [0.15, 0.2) is 0 Å². The smallest absolute Gasteiger partial charge is 0.117 e. The Kier molecular flexibility index (Phi) is 3.44. The number of anilines is 1. The largest absolute Gasteiger partial charge is 0.468 e. The maximum absolute atomic E-state index is 5.53. The van der Waals surface area contributed by atoms with E-state index in [-0.39, 0.29) is 0 Å². The third kappa shape index (κ3) is 2.98. The predicted molar refractivity (Wildman–Crippen MR) is 84.3 cm³/mol. The number of fused-ring (bicyclic) bond motifs is 1. The zero-order valence-electron chi connectivity index (χ0n) is 12.3. The molecular formula is C18H22N2O. The monoisotopic (exact) mass is 282 g/mol. The van der Waals surface area contributed by atoms with Crippen LogP contribution in [0.5, 0.6) is 0 Å². The van der Waals surface area contributed by atoms with E-state index in [1.807, 2.05) is 6.07 Å². The maximum atomic E-state index is 5.53. The fourth-order valence-corrected chi connectivity index (χ4v) is 3.35. The van der Waals surface area contributed by atoms with Crippen molar-refractivity contribution in [1.82, 2.24) is 4.90 Å². The molecule has 110 valence electrons. The van der Waals surface area contributed by atoms with Crippen molar-refractivity contribution in [3.63, 3.8) is 0 Å². The number of benzene rings is 1. The van der Waals surface area contributed by atoms with Crippen molar-refractivity contribution in [1.29, 1.82) is 0 Å². The van der Waals surface area contributed by atoms with Crippen LogP contribution in [0.3, 0.4) is 0 Å². The molecule has 1 unspecified atom stereocenters. The Morgan fingerprint density at radius 2 is 2.05 bits per heavy atom. The van der Waals surface area contributed by atoms with Gasteiger partial charge in [-0.3, -0.25) is 4.90 Å². The van der Waals surface area contributed by atoms with Gasteiger partial charge in [-0.05, 0) is 48.9 Å². The summed E-state index contributed by atoms with van der Waals surface area (Å²) < 4.78 is 5.53. The van der Waals surface area contributed by atoms with Gasteiger partial charge in [-0.2, -0.15) is 0 Å². The van der Waals surface area contributed by atoms with E-state index in [1.54, 1.807) is 6.26 Å². The second kappa shape index (κ2) is 5.57. The van der Waals surface area contributed by atoms with Gasteiger partial charge in [-0.15, -0.1) is 0 Å². The highest BCUT2D eigenvalue weighted by Crippen LogP contribution is 2.31. The summed E-state index contributed by atoms with van der Waals surface area (Å²) in [4.78, 5) is 2.61. The molecule has 1 fully saturated rings. The van der Waals surface area contributed by atoms with Crippen molar-refractivity contribution in [2.75, 3.05) is 18.4 Å². The molecule has 1 saturated carbocycles. The predicted octanol–water partition coefficient (Wildman–Crippen LogP) is 3.53. The van der Waals surface area contributed by atoms with Crippen LogP contribution in [0.15, 0.2) is 47.1 Å². The number of para-hydroxylation sites is 1. The van der Waals surface area contributed by atoms with Crippen molar-refractivity contribution in [3.05, 3.63) is 54.0 Å². The van der Waals surface area contributed by atoms with E-state index < -0.39 is 0 Å². The Morgan fingerprint density at radius 1 is 1.14 bits per heavy atom. The quantitative estimate of drug-likeness (QED) is 0.909. The molecule has 2 heterocycles. The molecule has 21 heavy (non-hydrogen) atoms. The molecular weight excluding hydrogens is 260 g/mol. The van der Waals surface area contributed by atoms with Crippen LogP contribution in [0.4, 0.5) is 5.69 Å². The lowest BCUT2D eigenvalue weighted by atomic mass is 9.93. The minimum absolute atomic E-state index is 0.690. The van der Waals surface area contributed by atoms with E-state index in [1.165, 1.54) is 30.5 Å². The second-order valence-electron chi connectivity index (χ2n) is 6.35. The highest BCUT2D eigenvalue weighted by Gasteiger charge is 2.32. The first-order chi connectivity index (χ1) is 10.4. The highest BCUT2D eigenvalue weighted by atomic mass is 16.3. The van der Waals surface area contributed by atoms with Gasteiger partial charge >= 0.3 is 0 Å². The molecule has 0 radical (unpaired) electrons. The fourth-order valence-electron chi connectivity index (χ4n) is 3.35. The number of hydrogen-bond donors (Lipinski definition) is 1. The fraction of sp³-hybridized carbons (Fsp3) is 0.444. The summed E-state index contributed by atoms with van der Waals surface area (Å²) in [7, 11) is 0. The van der Waals surface area contributed by atoms with Gasteiger partial charge < -0.3 is 9.73 Å². The zero-order valence-corrected chi connectivity index (χ0v) is 12.3. The molecule has 1 aromatic carbocycles. The summed E-state index contributed by atoms with van der Waals surface area (Å²) in [5.74, 6) is 1.78. The first kappa shape index (κ1) is 13.0. The molecule has 2 aromatic rings. The lowest BCUT2D eigenvalue weighted by Gasteiger charge is -2.31. The average Bonchev–Trinajstić information content (AvgIpc) is 3.24. The third-order valence-corrected chi connectivity index (χ3v) is 4.60. The van der Waals surface area contributed by atoms with Gasteiger partial charge in [0.25, 0.3) is 0 Å². The van der Waals surface area contributed by atoms with Crippen LogP contribution in [-0.2, 0) is 13.0 Å². The van der Waals surface area contributed by atoms with E-state index >= 15 is 0 Å². The number of nitrogens with zero attached hydrogens (tertiary/aromatic N) is 1. The van der Waals surface area contributed by atoms with Gasteiger partial charge in [-0.1, -0.05) is 18.2 Å². The van der Waals surface area contributed by atoms with Crippen LogP contribution in [0.2, 0.25) is 0 Å². The van der Waals surface area contributed by atoms with E-state index in [0.717, 1.165) is 31.4 Å². The summed E-state index contributed by atoms with van der Waals surface area (Å²) in [6, 6.07) is 13.5. The molecule has 0 bridgehead atoms. The number of rotatable bonds is 5. The summed E-state index contributed by atoms with van der Waals surface area (Å²) in [5, 5.41) is 3.59. The number of nitrogens with one attached hydrogen (secondary N) is 1. The first-order valence-corrected chi connectivity index (χ1v) is 7.97. The van der Waals surface area contributed by atoms with Crippen LogP contribution in [0, 0.1) is 5.92 Å². The molecule has 3 heteroatoms. The van der Waals surface area contributed by atoms with Crippen molar-refractivity contribution >= 4 is 5.69 Å². The highest BCUT2D eigenvalue weighted by molar-refractivity contribution is 5.53. The Balaban J connectivity index is 1.42. The number of furan rings is 1. The molecule has 1 N–H and O–H groups in total. The van der Waals surface area contributed by atoms with Gasteiger partial charge in [-0.25, -0.2) is 0 Å². The number of hydrogen-bond acceptors (Lipinski definition) is 3. The summed E-state index contributed by atoms with van der Waals surface area (Å²) >= 11 is 0. The van der Waals surface area contributed by atoms with Crippen molar-refractivity contribution in [2.24, 2.45) is 5.92 Å². The average molecular weight is 282 g/mol. The van der Waals surface area contributed by atoms with Crippen molar-refractivity contribution in [3.8, 4) is 0 Å². The molecule has 0 spiro atoms. The lowest BCUT2D eigenvalue weighted by Crippen LogP contribution is -2.36. The van der Waals surface area contributed by atoms with E-state index in [2.05, 4.69) is 40.5 Å². The Morgan fingerprint density at radius 3 is 2.86 bits per heavy atom. The second-order valence-corrected chi connectivity index (χ2v) is 6.35. The molecule has 2 aliphatic rings. The minimum atomic E-state index is 0.690. The summed E-state index contributed by atoms with van der Waals surface area (Å²) in [5.41, 5.74) is 2.78. The molecule has 1 aromatic heterocycles. The van der Waals surface area contributed by atoms with Gasteiger partial charge in [0.05, 0.1) is 12.8 Å². The van der Waals surface area contributed by atoms with Crippen LogP contribution in [0.25, 0.3) is 0 Å². The third-order valence-electron chi connectivity index (χ3n) is 4.60. The first-order valence-electron chi connectivity index (χ1n) is 7.97. The van der Waals surface area contributed by atoms with Gasteiger partial charge in [0, 0.05) is 24.8 Å². The van der Waals surface area contributed by atoms with Crippen LogP contribution < -0.4 is 5.32 Å². The zero-order chi connectivity index (χ0) is 14.1. The van der Waals surface area contributed by atoms with Gasteiger partial charge in [0.1, 0.15) is 5.76 Å². The molecule has 1 aliphatic carbocycles. The topological polar surface area (TPSA) is 28.4 Å². The van der Waals surface area contributed by atoms with Crippen LogP contribution >= 0.6 is 0 Å². The van der Waals surface area contributed by atoms with Gasteiger partial charge in [0.2, 0.25) is 0 Å². The molecule has 4 rings (SSSR count). The molecule has 0 amide bonds. The maximum Gasteiger partial charge on any atom is 0.117 e. The van der Waals surface area contributed by atoms with Crippen LogP contribution in [-0.4, -0.2) is 24.0 Å². The molecule has 3 nitrogen and oxygen atoms in total. The Bertz CT molecular complexity index is 589. The molecule has 1 aliphatic heterocycles. The Hall–Kier alpha value is -1.74. The molecule has 1 atom stereocenters.